The minimum Gasteiger partial charge on any atom is -0.354 e. The highest BCUT2D eigenvalue weighted by atomic mass is 35.5. The van der Waals surface area contributed by atoms with Gasteiger partial charge in [0.25, 0.3) is 0 Å². The molecule has 154 valence electrons. The number of piperazine rings is 1. The van der Waals surface area contributed by atoms with Gasteiger partial charge in [-0.15, -0.1) is 24.8 Å². The summed E-state index contributed by atoms with van der Waals surface area (Å²) in [6.45, 7) is 7.26. The lowest BCUT2D eigenvalue weighted by molar-refractivity contribution is -0.133. The minimum atomic E-state index is 0. The van der Waals surface area contributed by atoms with Gasteiger partial charge >= 0.3 is 0 Å². The average molecular weight is 418 g/mol. The monoisotopic (exact) mass is 417 g/mol. The van der Waals surface area contributed by atoms with Gasteiger partial charge in [0.05, 0.1) is 6.54 Å². The van der Waals surface area contributed by atoms with Gasteiger partial charge in [0.15, 0.2) is 0 Å². The van der Waals surface area contributed by atoms with Crippen LogP contribution in [-0.2, 0) is 4.79 Å². The third kappa shape index (κ3) is 7.11. The zero-order chi connectivity index (χ0) is 17.5. The molecule has 0 aliphatic carbocycles. The summed E-state index contributed by atoms with van der Waals surface area (Å²) in [6.07, 6.45) is 5.38. The van der Waals surface area contributed by atoms with Gasteiger partial charge < -0.3 is 15.1 Å². The summed E-state index contributed by atoms with van der Waals surface area (Å²) in [5.74, 6) is 2.12. The molecule has 0 atom stereocenters. The van der Waals surface area contributed by atoms with E-state index in [4.69, 9.17) is 0 Å². The molecule has 1 N–H and O–H groups in total. The first-order chi connectivity index (χ1) is 12.3. The number of carbonyl (C=O) groups excluding carboxylic acids is 1. The molecule has 0 spiro atoms. The Labute approximate surface area is 175 Å². The molecule has 2 fully saturated rings. The molecular weight excluding hydrogens is 385 g/mol. The standard InChI is InChI=1S/C19H31N5O.2ClH/c1-20-9-5-17-6-10-24(11-7-17)19(25)16-22-12-14-23(15-13-22)18-4-2-3-8-21-18;;/h2-4,8,17,20H,5-7,9-16H2,1H3;2*1H. The van der Waals surface area contributed by atoms with Crippen LogP contribution in [0.5, 0.6) is 0 Å². The number of anilines is 1. The number of nitrogens with zero attached hydrogens (tertiary/aromatic N) is 4. The van der Waals surface area contributed by atoms with E-state index in [-0.39, 0.29) is 24.8 Å². The first kappa shape index (κ1) is 24.0. The van der Waals surface area contributed by atoms with Crippen molar-refractivity contribution in [1.82, 2.24) is 20.1 Å². The highest BCUT2D eigenvalue weighted by Gasteiger charge is 2.25. The Kier molecular flexibility index (Phi) is 11.0. The highest BCUT2D eigenvalue weighted by Crippen LogP contribution is 2.20. The predicted octanol–water partition coefficient (Wildman–Crippen LogP) is 1.90. The fourth-order valence-corrected chi connectivity index (χ4v) is 3.79. The van der Waals surface area contributed by atoms with Gasteiger partial charge in [-0.1, -0.05) is 6.07 Å². The Balaban J connectivity index is 0.00000182. The van der Waals surface area contributed by atoms with Crippen LogP contribution < -0.4 is 10.2 Å². The van der Waals surface area contributed by atoms with Gasteiger partial charge in [0.1, 0.15) is 5.82 Å². The second-order valence-electron chi connectivity index (χ2n) is 7.17. The van der Waals surface area contributed by atoms with Crippen molar-refractivity contribution in [3.8, 4) is 0 Å². The molecular formula is C19H33Cl2N5O. The molecule has 6 nitrogen and oxygen atoms in total. The van der Waals surface area contributed by atoms with Gasteiger partial charge in [-0.05, 0) is 50.9 Å². The van der Waals surface area contributed by atoms with Crippen molar-refractivity contribution in [2.24, 2.45) is 5.92 Å². The SMILES string of the molecule is CNCCC1CCN(C(=O)CN2CCN(c3ccccn3)CC2)CC1.Cl.Cl. The van der Waals surface area contributed by atoms with Crippen molar-refractivity contribution in [3.05, 3.63) is 24.4 Å². The molecule has 0 unspecified atom stereocenters. The molecule has 8 heteroatoms. The summed E-state index contributed by atoms with van der Waals surface area (Å²) in [6, 6.07) is 6.03. The van der Waals surface area contributed by atoms with E-state index in [0.29, 0.717) is 12.5 Å². The number of carbonyl (C=O) groups is 1. The van der Waals surface area contributed by atoms with E-state index in [1.807, 2.05) is 25.4 Å². The molecule has 3 rings (SSSR count). The maximum Gasteiger partial charge on any atom is 0.236 e. The number of hydrogen-bond acceptors (Lipinski definition) is 5. The van der Waals surface area contributed by atoms with Crippen LogP contribution in [0.25, 0.3) is 0 Å². The lowest BCUT2D eigenvalue weighted by Gasteiger charge is -2.37. The minimum absolute atomic E-state index is 0. The van der Waals surface area contributed by atoms with E-state index in [2.05, 4.69) is 31.1 Å². The predicted molar refractivity (Wildman–Crippen MR) is 115 cm³/mol. The summed E-state index contributed by atoms with van der Waals surface area (Å²) in [5, 5.41) is 3.22. The van der Waals surface area contributed by atoms with Crippen molar-refractivity contribution in [3.63, 3.8) is 0 Å². The quantitative estimate of drug-likeness (QED) is 0.765. The normalized spacial score (nSPS) is 18.6. The van der Waals surface area contributed by atoms with Crippen molar-refractivity contribution in [2.75, 3.05) is 64.3 Å². The third-order valence-electron chi connectivity index (χ3n) is 5.47. The van der Waals surface area contributed by atoms with Crippen LogP contribution >= 0.6 is 24.8 Å². The number of pyridine rings is 1. The number of likely N-dealkylation sites (tertiary alicyclic amines) is 1. The third-order valence-corrected chi connectivity index (χ3v) is 5.47. The van der Waals surface area contributed by atoms with Crippen molar-refractivity contribution >= 4 is 36.5 Å². The molecule has 0 radical (unpaired) electrons. The summed E-state index contributed by atoms with van der Waals surface area (Å²) in [4.78, 5) is 23.7. The summed E-state index contributed by atoms with van der Waals surface area (Å²) in [7, 11) is 2.01. The topological polar surface area (TPSA) is 51.7 Å². The van der Waals surface area contributed by atoms with E-state index in [1.54, 1.807) is 0 Å². The second kappa shape index (κ2) is 12.4. The Morgan fingerprint density at radius 1 is 1.11 bits per heavy atom. The van der Waals surface area contributed by atoms with Gasteiger partial charge in [-0.3, -0.25) is 9.69 Å². The van der Waals surface area contributed by atoms with Crippen molar-refractivity contribution < 1.29 is 4.79 Å². The van der Waals surface area contributed by atoms with Crippen molar-refractivity contribution in [1.29, 1.82) is 0 Å². The van der Waals surface area contributed by atoms with Gasteiger partial charge in [0.2, 0.25) is 5.91 Å². The lowest BCUT2D eigenvalue weighted by atomic mass is 9.93. The lowest BCUT2D eigenvalue weighted by Crippen LogP contribution is -2.51. The maximum absolute atomic E-state index is 12.6. The number of rotatable bonds is 6. The molecule has 0 aromatic carbocycles. The Morgan fingerprint density at radius 2 is 1.81 bits per heavy atom. The molecule has 1 aromatic heterocycles. The van der Waals surface area contributed by atoms with Crippen LogP contribution in [0.2, 0.25) is 0 Å². The van der Waals surface area contributed by atoms with E-state index in [0.717, 1.165) is 70.4 Å². The molecule has 0 saturated carbocycles. The zero-order valence-electron chi connectivity index (χ0n) is 16.2. The summed E-state index contributed by atoms with van der Waals surface area (Å²) < 4.78 is 0. The van der Waals surface area contributed by atoms with Gasteiger partial charge in [0, 0.05) is 45.5 Å². The Morgan fingerprint density at radius 3 is 2.41 bits per heavy atom. The largest absolute Gasteiger partial charge is 0.354 e. The number of nitrogens with one attached hydrogen (secondary N) is 1. The van der Waals surface area contributed by atoms with Crippen LogP contribution in [-0.4, -0.2) is 80.1 Å². The van der Waals surface area contributed by atoms with Gasteiger partial charge in [-0.25, -0.2) is 4.98 Å². The second-order valence-corrected chi connectivity index (χ2v) is 7.17. The number of hydrogen-bond donors (Lipinski definition) is 1. The number of aromatic nitrogens is 1. The van der Waals surface area contributed by atoms with E-state index < -0.39 is 0 Å². The summed E-state index contributed by atoms with van der Waals surface area (Å²) >= 11 is 0. The van der Waals surface area contributed by atoms with Crippen molar-refractivity contribution in [2.45, 2.75) is 19.3 Å². The molecule has 2 saturated heterocycles. The van der Waals surface area contributed by atoms with Crippen LogP contribution in [0.4, 0.5) is 5.82 Å². The number of piperidine rings is 1. The summed E-state index contributed by atoms with van der Waals surface area (Å²) in [5.41, 5.74) is 0. The van der Waals surface area contributed by atoms with Crippen LogP contribution in [0, 0.1) is 5.92 Å². The van der Waals surface area contributed by atoms with E-state index in [9.17, 15) is 4.79 Å². The molecule has 27 heavy (non-hydrogen) atoms. The molecule has 1 aromatic rings. The molecule has 3 heterocycles. The fraction of sp³-hybridized carbons (Fsp3) is 0.684. The number of halogens is 2. The maximum atomic E-state index is 12.6. The molecule has 2 aliphatic heterocycles. The fourth-order valence-electron chi connectivity index (χ4n) is 3.79. The van der Waals surface area contributed by atoms with E-state index >= 15 is 0 Å². The number of amides is 1. The van der Waals surface area contributed by atoms with Crippen LogP contribution in [0.15, 0.2) is 24.4 Å². The highest BCUT2D eigenvalue weighted by molar-refractivity contribution is 5.85. The Hall–Kier alpha value is -1.08. The van der Waals surface area contributed by atoms with Crippen LogP contribution in [0.3, 0.4) is 0 Å². The zero-order valence-corrected chi connectivity index (χ0v) is 17.8. The molecule has 2 aliphatic rings. The molecule has 0 bridgehead atoms. The Bertz CT molecular complexity index is 532. The van der Waals surface area contributed by atoms with Crippen LogP contribution in [0.1, 0.15) is 19.3 Å². The van der Waals surface area contributed by atoms with E-state index in [1.165, 1.54) is 6.42 Å². The first-order valence-corrected chi connectivity index (χ1v) is 9.57. The smallest absolute Gasteiger partial charge is 0.236 e. The first-order valence-electron chi connectivity index (χ1n) is 9.57. The average Bonchev–Trinajstić information content (AvgIpc) is 2.68. The van der Waals surface area contributed by atoms with Gasteiger partial charge in [-0.2, -0.15) is 0 Å². The molecule has 1 amide bonds.